The number of benzene rings is 1. The van der Waals surface area contributed by atoms with Gasteiger partial charge in [0.15, 0.2) is 11.5 Å². The van der Waals surface area contributed by atoms with Crippen LogP contribution in [0.15, 0.2) is 6.07 Å². The molecule has 1 aromatic carbocycles. The van der Waals surface area contributed by atoms with Crippen LogP contribution in [-0.4, -0.2) is 16.4 Å². The molecule has 0 bridgehead atoms. The molecule has 0 fully saturated rings. The van der Waals surface area contributed by atoms with Crippen LogP contribution in [-0.2, 0) is 12.8 Å². The Kier molecular flexibility index (Phi) is 15.7. The second-order valence-corrected chi connectivity index (χ2v) is 8.98. The summed E-state index contributed by atoms with van der Waals surface area (Å²) in [4.78, 5) is 10.9. The van der Waals surface area contributed by atoms with Crippen LogP contribution in [0.3, 0.4) is 0 Å². The van der Waals surface area contributed by atoms with Gasteiger partial charge in [0.25, 0.3) is 0 Å². The van der Waals surface area contributed by atoms with Gasteiger partial charge in [-0.15, -0.1) is 0 Å². The summed E-state index contributed by atoms with van der Waals surface area (Å²) in [6, 6.07) is 1.01. The van der Waals surface area contributed by atoms with E-state index >= 15 is 0 Å². The van der Waals surface area contributed by atoms with Crippen molar-refractivity contribution in [1.29, 1.82) is 0 Å². The average Bonchev–Trinajstić information content (AvgIpc) is 2.76. The van der Waals surface area contributed by atoms with Gasteiger partial charge in [-0.3, -0.25) is 0 Å². The Balaban J connectivity index is 2.63. The molecule has 0 amide bonds. The highest BCUT2D eigenvalue weighted by Crippen LogP contribution is 2.37. The van der Waals surface area contributed by atoms with Crippen LogP contribution in [0.25, 0.3) is 0 Å². The van der Waals surface area contributed by atoms with E-state index in [0.717, 1.165) is 44.6 Å². The summed E-state index contributed by atoms with van der Waals surface area (Å²) in [6.45, 7) is 4.42. The van der Waals surface area contributed by atoms with Crippen molar-refractivity contribution in [2.45, 2.75) is 129 Å². The van der Waals surface area contributed by atoms with E-state index in [2.05, 4.69) is 18.6 Å². The minimum absolute atomic E-state index is 0.216. The third kappa shape index (κ3) is 11.7. The molecule has 0 aliphatic heterocycles. The Morgan fingerprint density at radius 1 is 0.750 bits per heavy atom. The van der Waals surface area contributed by atoms with E-state index in [1.807, 2.05) is 0 Å². The lowest BCUT2D eigenvalue weighted by molar-refractivity contribution is 0.142. The highest BCUT2D eigenvalue weighted by molar-refractivity contribution is 5.64. The number of hydrogen-bond acceptors (Lipinski definition) is 3. The lowest BCUT2D eigenvalue weighted by Crippen LogP contribution is -2.07. The molecule has 2 N–H and O–H groups in total. The van der Waals surface area contributed by atoms with Crippen LogP contribution in [0.2, 0.25) is 0 Å². The molecule has 0 spiro atoms. The second kappa shape index (κ2) is 17.7. The van der Waals surface area contributed by atoms with E-state index in [1.54, 1.807) is 0 Å². The Morgan fingerprint density at radius 3 is 1.59 bits per heavy atom. The van der Waals surface area contributed by atoms with Crippen molar-refractivity contribution in [2.75, 3.05) is 0 Å². The van der Waals surface area contributed by atoms with Crippen molar-refractivity contribution in [2.24, 2.45) is 0 Å². The maximum Gasteiger partial charge on any atom is 0.511 e. The van der Waals surface area contributed by atoms with Crippen molar-refractivity contribution in [3.8, 4) is 11.5 Å². The van der Waals surface area contributed by atoms with Crippen molar-refractivity contribution in [3.05, 3.63) is 23.0 Å². The predicted molar refractivity (Wildman–Crippen MR) is 129 cm³/mol. The smallest absolute Gasteiger partial charge is 0.504 e. The zero-order valence-electron chi connectivity index (χ0n) is 20.4. The zero-order valence-corrected chi connectivity index (χ0v) is 20.4. The topological polar surface area (TPSA) is 66.8 Å². The molecule has 0 aliphatic carbocycles. The zero-order chi connectivity index (χ0) is 23.6. The minimum atomic E-state index is -1.55. The molecule has 184 valence electrons. The molecule has 0 aromatic heterocycles. The number of phenolic OH excluding ortho intramolecular Hbond substituents is 1. The molecule has 32 heavy (non-hydrogen) atoms. The Labute approximate surface area is 194 Å². The van der Waals surface area contributed by atoms with Crippen LogP contribution in [0.4, 0.5) is 9.18 Å². The summed E-state index contributed by atoms with van der Waals surface area (Å²) in [5.41, 5.74) is 1.05. The molecule has 0 atom stereocenters. The normalized spacial score (nSPS) is 11.1. The van der Waals surface area contributed by atoms with E-state index in [4.69, 9.17) is 5.11 Å². The third-order valence-corrected chi connectivity index (χ3v) is 6.19. The van der Waals surface area contributed by atoms with Gasteiger partial charge in [0.05, 0.1) is 0 Å². The fraction of sp³-hybridized carbons (Fsp3) is 0.741. The van der Waals surface area contributed by atoms with Crippen LogP contribution < -0.4 is 4.74 Å². The van der Waals surface area contributed by atoms with Gasteiger partial charge in [-0.2, -0.15) is 0 Å². The van der Waals surface area contributed by atoms with Gasteiger partial charge in [0, 0.05) is 11.6 Å². The molecule has 0 saturated heterocycles. The molecule has 5 heteroatoms. The first-order valence-corrected chi connectivity index (χ1v) is 12.9. The number of hydrogen-bond donors (Lipinski definition) is 2. The van der Waals surface area contributed by atoms with Crippen LogP contribution in [0.1, 0.15) is 128 Å². The summed E-state index contributed by atoms with van der Waals surface area (Å²) >= 11 is 0. The minimum Gasteiger partial charge on any atom is -0.504 e. The first-order chi connectivity index (χ1) is 15.5. The largest absolute Gasteiger partial charge is 0.511 e. The molecule has 1 rings (SSSR count). The lowest BCUT2D eigenvalue weighted by atomic mass is 9.94. The van der Waals surface area contributed by atoms with Crippen LogP contribution >= 0.6 is 0 Å². The maximum atomic E-state index is 14.8. The van der Waals surface area contributed by atoms with Gasteiger partial charge in [-0.25, -0.2) is 9.18 Å². The maximum absolute atomic E-state index is 14.8. The molecule has 4 nitrogen and oxygen atoms in total. The number of aromatic hydroxyl groups is 1. The fourth-order valence-corrected chi connectivity index (χ4v) is 4.29. The summed E-state index contributed by atoms with van der Waals surface area (Å²) in [7, 11) is 0. The summed E-state index contributed by atoms with van der Waals surface area (Å²) in [6.07, 6.45) is 18.1. The highest BCUT2D eigenvalue weighted by Gasteiger charge is 2.20. The monoisotopic (exact) mass is 452 g/mol. The van der Waals surface area contributed by atoms with Crippen molar-refractivity contribution < 1.29 is 24.1 Å². The Morgan fingerprint density at radius 2 is 1.16 bits per heavy atom. The van der Waals surface area contributed by atoms with Crippen LogP contribution in [0.5, 0.6) is 11.5 Å². The summed E-state index contributed by atoms with van der Waals surface area (Å²) < 4.78 is 19.4. The van der Waals surface area contributed by atoms with Gasteiger partial charge in [-0.05, 0) is 31.2 Å². The quantitative estimate of drug-likeness (QED) is 0.125. The molecular weight excluding hydrogens is 407 g/mol. The van der Waals surface area contributed by atoms with Gasteiger partial charge in [-0.1, -0.05) is 104 Å². The Bertz CT molecular complexity index is 645. The van der Waals surface area contributed by atoms with Gasteiger partial charge >= 0.3 is 6.16 Å². The fourth-order valence-electron chi connectivity index (χ4n) is 4.29. The molecular formula is C27H45FO4. The number of carbonyl (C=O) groups is 1. The molecule has 0 saturated carbocycles. The SMILES string of the molecule is CCCCCCCCCCc1c(F)cc(OC(=O)O)c(O)c1CCCCCCCCCC. The van der Waals surface area contributed by atoms with Gasteiger partial charge < -0.3 is 14.9 Å². The van der Waals surface area contributed by atoms with Crippen molar-refractivity contribution in [3.63, 3.8) is 0 Å². The number of rotatable bonds is 19. The van der Waals surface area contributed by atoms with Crippen LogP contribution in [0, 0.1) is 5.82 Å². The number of ether oxygens (including phenoxy) is 1. The number of unbranched alkanes of at least 4 members (excludes halogenated alkanes) is 14. The van der Waals surface area contributed by atoms with E-state index in [0.29, 0.717) is 24.0 Å². The van der Waals surface area contributed by atoms with E-state index in [-0.39, 0.29) is 11.5 Å². The number of phenols is 1. The molecule has 1 aromatic rings. The second-order valence-electron chi connectivity index (χ2n) is 8.98. The standard InChI is InChI=1S/C27H45FO4/c1-3-5-7-9-11-13-15-17-19-22-23(20-18-16-14-12-10-8-6-4-2)26(29)25(21-24(22)28)32-27(30)31/h21,29H,3-20H2,1-2H3,(H,30,31). The average molecular weight is 453 g/mol. The first-order valence-electron chi connectivity index (χ1n) is 12.9. The lowest BCUT2D eigenvalue weighted by Gasteiger charge is -2.16. The van der Waals surface area contributed by atoms with E-state index in [1.165, 1.54) is 64.2 Å². The molecule has 0 radical (unpaired) electrons. The first kappa shape index (κ1) is 28.3. The van der Waals surface area contributed by atoms with Gasteiger partial charge in [0.1, 0.15) is 5.82 Å². The highest BCUT2D eigenvalue weighted by atomic mass is 19.1. The van der Waals surface area contributed by atoms with E-state index < -0.39 is 12.0 Å². The Hall–Kier alpha value is -1.78. The van der Waals surface area contributed by atoms with Crippen molar-refractivity contribution in [1.82, 2.24) is 0 Å². The predicted octanol–water partition coefficient (Wildman–Crippen LogP) is 8.95. The van der Waals surface area contributed by atoms with E-state index in [9.17, 15) is 14.3 Å². The molecule has 0 unspecified atom stereocenters. The van der Waals surface area contributed by atoms with Gasteiger partial charge in [0.2, 0.25) is 0 Å². The third-order valence-electron chi connectivity index (χ3n) is 6.19. The summed E-state index contributed by atoms with van der Waals surface area (Å²) in [5, 5.41) is 19.5. The summed E-state index contributed by atoms with van der Waals surface area (Å²) in [5.74, 6) is -0.993. The van der Waals surface area contributed by atoms with Crippen molar-refractivity contribution >= 4 is 6.16 Å². The molecule has 0 aliphatic rings. The molecule has 0 heterocycles. The number of halogens is 1. The number of carboxylic acid groups (broad SMARTS) is 1.